The van der Waals surface area contributed by atoms with E-state index in [9.17, 15) is 5.11 Å². The van der Waals surface area contributed by atoms with Gasteiger partial charge in [0.15, 0.2) is 5.82 Å². The summed E-state index contributed by atoms with van der Waals surface area (Å²) in [6.45, 7) is 3.79. The lowest BCUT2D eigenvalue weighted by molar-refractivity contribution is -0.0533. The molecular weight excluding hydrogens is 190 g/mol. The molecule has 4 nitrogen and oxygen atoms in total. The molecule has 0 radical (unpaired) electrons. The predicted octanol–water partition coefficient (Wildman–Crippen LogP) is 0.602. The first-order chi connectivity index (χ1) is 7.24. The number of aryl methyl sites for hydroxylation is 1. The summed E-state index contributed by atoms with van der Waals surface area (Å²) >= 11 is 0. The quantitative estimate of drug-likeness (QED) is 0.729. The van der Waals surface area contributed by atoms with E-state index < -0.39 is 0 Å². The summed E-state index contributed by atoms with van der Waals surface area (Å²) in [4.78, 5) is 2.23. The van der Waals surface area contributed by atoms with Gasteiger partial charge in [-0.3, -0.25) is 0 Å². The van der Waals surface area contributed by atoms with Crippen molar-refractivity contribution in [1.82, 2.24) is 10.2 Å². The molecule has 2 unspecified atom stereocenters. The number of anilines is 1. The predicted molar refractivity (Wildman–Crippen MR) is 56.6 cm³/mol. The zero-order valence-electron chi connectivity index (χ0n) is 8.80. The summed E-state index contributed by atoms with van der Waals surface area (Å²) < 4.78 is 0. The summed E-state index contributed by atoms with van der Waals surface area (Å²) in [5.74, 6) is 1.85. The van der Waals surface area contributed by atoms with Crippen LogP contribution in [0, 0.1) is 18.8 Å². The Balaban J connectivity index is 1.77. The molecule has 2 atom stereocenters. The Morgan fingerprint density at radius 1 is 1.27 bits per heavy atom. The molecule has 80 valence electrons. The van der Waals surface area contributed by atoms with Crippen molar-refractivity contribution in [2.24, 2.45) is 11.8 Å². The van der Waals surface area contributed by atoms with Crippen LogP contribution in [-0.4, -0.2) is 34.5 Å². The van der Waals surface area contributed by atoms with Crippen molar-refractivity contribution in [2.45, 2.75) is 19.4 Å². The molecule has 1 aliphatic carbocycles. The molecule has 3 fully saturated rings. The highest BCUT2D eigenvalue weighted by Gasteiger charge is 2.45. The minimum atomic E-state index is -0.0698. The van der Waals surface area contributed by atoms with Gasteiger partial charge < -0.3 is 10.0 Å². The molecule has 2 bridgehead atoms. The van der Waals surface area contributed by atoms with Crippen LogP contribution in [0.1, 0.15) is 12.1 Å². The summed E-state index contributed by atoms with van der Waals surface area (Å²) in [6, 6.07) is 4.00. The molecule has 4 rings (SSSR count). The number of hydrogen-bond donors (Lipinski definition) is 1. The fourth-order valence-electron chi connectivity index (χ4n) is 2.61. The third kappa shape index (κ3) is 1.40. The van der Waals surface area contributed by atoms with Crippen molar-refractivity contribution in [3.05, 3.63) is 17.8 Å². The average molecular weight is 205 g/mol. The number of aliphatic hydroxyl groups excluding tert-OH is 1. The zero-order chi connectivity index (χ0) is 10.4. The molecule has 1 N–H and O–H groups in total. The highest BCUT2D eigenvalue weighted by atomic mass is 16.3. The maximum Gasteiger partial charge on any atom is 0.151 e. The molecule has 3 aliphatic rings. The Kier molecular flexibility index (Phi) is 1.92. The van der Waals surface area contributed by atoms with Crippen LogP contribution in [0.25, 0.3) is 0 Å². The van der Waals surface area contributed by atoms with Gasteiger partial charge in [0.2, 0.25) is 0 Å². The van der Waals surface area contributed by atoms with Gasteiger partial charge in [0, 0.05) is 24.9 Å². The van der Waals surface area contributed by atoms with Gasteiger partial charge in [0.1, 0.15) is 0 Å². The third-order valence-electron chi connectivity index (χ3n) is 3.59. The monoisotopic (exact) mass is 205 g/mol. The lowest BCUT2D eigenvalue weighted by atomic mass is 9.68. The number of hydrogen-bond acceptors (Lipinski definition) is 4. The van der Waals surface area contributed by atoms with Crippen molar-refractivity contribution in [3.8, 4) is 0 Å². The van der Waals surface area contributed by atoms with Crippen LogP contribution < -0.4 is 4.90 Å². The van der Waals surface area contributed by atoms with Crippen LogP contribution in [0.3, 0.4) is 0 Å². The van der Waals surface area contributed by atoms with E-state index in [1.807, 2.05) is 19.1 Å². The van der Waals surface area contributed by atoms with E-state index in [0.717, 1.165) is 24.6 Å². The number of nitrogens with zero attached hydrogens (tertiary/aromatic N) is 3. The Morgan fingerprint density at radius 3 is 2.53 bits per heavy atom. The molecule has 0 spiro atoms. The minimum absolute atomic E-state index is 0.0698. The normalized spacial score (nSPS) is 33.7. The van der Waals surface area contributed by atoms with Gasteiger partial charge >= 0.3 is 0 Å². The van der Waals surface area contributed by atoms with Crippen LogP contribution in [0.2, 0.25) is 0 Å². The fourth-order valence-corrected chi connectivity index (χ4v) is 2.61. The van der Waals surface area contributed by atoms with Gasteiger partial charge in [0.05, 0.1) is 11.8 Å². The Hall–Kier alpha value is -1.16. The Labute approximate surface area is 88.9 Å². The second-order valence-corrected chi connectivity index (χ2v) is 4.68. The van der Waals surface area contributed by atoms with Crippen molar-refractivity contribution >= 4 is 5.82 Å². The standard InChI is InChI=1S/C11H15N3O/c1-7-2-3-10(13-12-7)14-5-8-4-9(6-14)11(8)15/h2-3,8-9,11,15H,4-6H2,1H3. The van der Waals surface area contributed by atoms with E-state index in [1.165, 1.54) is 6.42 Å². The van der Waals surface area contributed by atoms with Crippen molar-refractivity contribution < 1.29 is 5.11 Å². The summed E-state index contributed by atoms with van der Waals surface area (Å²) in [5.41, 5.74) is 0.945. The number of piperidine rings is 2. The minimum Gasteiger partial charge on any atom is -0.392 e. The Bertz CT molecular complexity index is 353. The maximum atomic E-state index is 9.67. The smallest absolute Gasteiger partial charge is 0.151 e. The molecule has 1 saturated carbocycles. The molecule has 1 aromatic heterocycles. The first-order valence-electron chi connectivity index (χ1n) is 5.47. The van der Waals surface area contributed by atoms with E-state index in [1.54, 1.807) is 0 Å². The molecule has 2 aliphatic heterocycles. The van der Waals surface area contributed by atoms with Crippen LogP contribution in [0.5, 0.6) is 0 Å². The van der Waals surface area contributed by atoms with Gasteiger partial charge in [0.25, 0.3) is 0 Å². The SMILES string of the molecule is Cc1ccc(N2CC3CC(C2)C3O)nn1. The second-order valence-electron chi connectivity index (χ2n) is 4.68. The van der Waals surface area contributed by atoms with Gasteiger partial charge in [-0.2, -0.15) is 5.10 Å². The second kappa shape index (κ2) is 3.17. The molecule has 1 aromatic rings. The molecule has 2 saturated heterocycles. The number of aromatic nitrogens is 2. The molecule has 3 heterocycles. The average Bonchev–Trinajstić information content (AvgIpc) is 2.29. The molecular formula is C11H15N3O. The molecule has 4 heteroatoms. The van der Waals surface area contributed by atoms with Crippen molar-refractivity contribution in [3.63, 3.8) is 0 Å². The topological polar surface area (TPSA) is 49.2 Å². The lowest BCUT2D eigenvalue weighted by Gasteiger charge is -2.51. The number of rotatable bonds is 1. The van der Waals surface area contributed by atoms with Gasteiger partial charge in [-0.05, 0) is 25.5 Å². The fraction of sp³-hybridized carbons (Fsp3) is 0.636. The van der Waals surface area contributed by atoms with Crippen LogP contribution in [0.15, 0.2) is 12.1 Å². The molecule has 0 amide bonds. The van der Waals surface area contributed by atoms with Crippen LogP contribution in [0.4, 0.5) is 5.82 Å². The van der Waals surface area contributed by atoms with Crippen molar-refractivity contribution in [1.29, 1.82) is 0 Å². The highest BCUT2D eigenvalue weighted by Crippen LogP contribution is 2.40. The number of aliphatic hydroxyl groups is 1. The van der Waals surface area contributed by atoms with E-state index in [4.69, 9.17) is 0 Å². The summed E-state index contributed by atoms with van der Waals surface area (Å²) in [6.07, 6.45) is 1.11. The first kappa shape index (κ1) is 9.09. The molecule has 15 heavy (non-hydrogen) atoms. The maximum absolute atomic E-state index is 9.67. The van der Waals surface area contributed by atoms with Crippen LogP contribution in [-0.2, 0) is 0 Å². The van der Waals surface area contributed by atoms with E-state index in [-0.39, 0.29) is 6.10 Å². The van der Waals surface area contributed by atoms with E-state index >= 15 is 0 Å². The van der Waals surface area contributed by atoms with Crippen LogP contribution >= 0.6 is 0 Å². The zero-order valence-corrected chi connectivity index (χ0v) is 8.80. The first-order valence-corrected chi connectivity index (χ1v) is 5.47. The Morgan fingerprint density at radius 2 is 2.00 bits per heavy atom. The third-order valence-corrected chi connectivity index (χ3v) is 3.59. The van der Waals surface area contributed by atoms with Gasteiger partial charge in [-0.1, -0.05) is 0 Å². The summed E-state index contributed by atoms with van der Waals surface area (Å²) in [7, 11) is 0. The number of fused-ring (bicyclic) bond motifs is 2. The van der Waals surface area contributed by atoms with Gasteiger partial charge in [-0.25, -0.2) is 0 Å². The van der Waals surface area contributed by atoms with Crippen molar-refractivity contribution in [2.75, 3.05) is 18.0 Å². The largest absolute Gasteiger partial charge is 0.392 e. The van der Waals surface area contributed by atoms with E-state index in [2.05, 4.69) is 15.1 Å². The lowest BCUT2D eigenvalue weighted by Crippen LogP contribution is -2.58. The van der Waals surface area contributed by atoms with Gasteiger partial charge in [-0.15, -0.1) is 5.10 Å². The molecule has 0 aromatic carbocycles. The highest BCUT2D eigenvalue weighted by molar-refractivity contribution is 5.39. The summed E-state index contributed by atoms with van der Waals surface area (Å²) in [5, 5.41) is 17.9. The van der Waals surface area contributed by atoms with E-state index in [0.29, 0.717) is 11.8 Å².